The first-order chi connectivity index (χ1) is 9.45. The van der Waals surface area contributed by atoms with Gasteiger partial charge in [0.25, 0.3) is 5.56 Å². The number of rotatable bonds is 4. The maximum Gasteiger partial charge on any atom is 0.271 e. The number of carbonyl (C=O) groups is 2. The van der Waals surface area contributed by atoms with Crippen LogP contribution in [0.3, 0.4) is 0 Å². The lowest BCUT2D eigenvalue weighted by atomic mass is 10.2. The average Bonchev–Trinajstić information content (AvgIpc) is 2.68. The van der Waals surface area contributed by atoms with Crippen molar-refractivity contribution in [3.8, 4) is 5.69 Å². The summed E-state index contributed by atoms with van der Waals surface area (Å²) in [6, 6.07) is 8.27. The molecule has 20 heavy (non-hydrogen) atoms. The molecule has 0 saturated heterocycles. The van der Waals surface area contributed by atoms with Crippen LogP contribution in [0.4, 0.5) is 5.69 Å². The summed E-state index contributed by atoms with van der Waals surface area (Å²) >= 11 is 0. The molecule has 0 spiro atoms. The van der Waals surface area contributed by atoms with Crippen LogP contribution in [0.25, 0.3) is 5.69 Å². The monoisotopic (exact) mass is 273 g/mol. The number of carbonyl (C=O) groups excluding carboxylic acids is 2. The summed E-state index contributed by atoms with van der Waals surface area (Å²) < 4.78 is 1.41. The minimum Gasteiger partial charge on any atom is -0.326 e. The average molecular weight is 273 g/mol. The third-order valence-corrected chi connectivity index (χ3v) is 2.67. The van der Waals surface area contributed by atoms with Crippen molar-refractivity contribution in [1.29, 1.82) is 0 Å². The van der Waals surface area contributed by atoms with Crippen molar-refractivity contribution in [1.82, 2.24) is 9.78 Å². The van der Waals surface area contributed by atoms with Gasteiger partial charge in [-0.25, -0.2) is 4.68 Å². The van der Waals surface area contributed by atoms with Crippen LogP contribution >= 0.6 is 0 Å². The van der Waals surface area contributed by atoms with Crippen molar-refractivity contribution in [2.45, 2.75) is 20.3 Å². The SMILES string of the molecule is CC(=O)CC(=O)Nc1ccc(-n2[nH]c(C)cc2=O)cc1. The number of amides is 1. The van der Waals surface area contributed by atoms with E-state index in [0.29, 0.717) is 11.4 Å². The first-order valence-corrected chi connectivity index (χ1v) is 6.14. The molecule has 1 aromatic carbocycles. The summed E-state index contributed by atoms with van der Waals surface area (Å²) in [5, 5.41) is 5.53. The molecular formula is C14H15N3O3. The Morgan fingerprint density at radius 3 is 2.40 bits per heavy atom. The van der Waals surface area contributed by atoms with Crippen LogP contribution < -0.4 is 10.9 Å². The summed E-state index contributed by atoms with van der Waals surface area (Å²) in [5.74, 6) is -0.536. The maximum atomic E-state index is 11.6. The number of hydrogen-bond donors (Lipinski definition) is 2. The maximum absolute atomic E-state index is 11.6. The van der Waals surface area contributed by atoms with Crippen LogP contribution in [0.5, 0.6) is 0 Å². The largest absolute Gasteiger partial charge is 0.326 e. The van der Waals surface area contributed by atoms with Gasteiger partial charge >= 0.3 is 0 Å². The first-order valence-electron chi connectivity index (χ1n) is 6.14. The molecule has 2 N–H and O–H groups in total. The second kappa shape index (κ2) is 5.56. The van der Waals surface area contributed by atoms with Crippen molar-refractivity contribution < 1.29 is 9.59 Å². The number of H-pyrrole nitrogens is 1. The lowest BCUT2D eigenvalue weighted by Gasteiger charge is -2.06. The van der Waals surface area contributed by atoms with Gasteiger partial charge in [-0.3, -0.25) is 19.5 Å². The van der Waals surface area contributed by atoms with Gasteiger partial charge in [0.15, 0.2) is 0 Å². The fourth-order valence-corrected chi connectivity index (χ4v) is 1.83. The number of Topliss-reactive ketones (excluding diaryl/α,β-unsaturated/α-hetero) is 1. The molecule has 0 bridgehead atoms. The molecule has 0 unspecified atom stereocenters. The highest BCUT2D eigenvalue weighted by atomic mass is 16.2. The smallest absolute Gasteiger partial charge is 0.271 e. The van der Waals surface area contributed by atoms with E-state index < -0.39 is 0 Å². The highest BCUT2D eigenvalue weighted by Crippen LogP contribution is 2.12. The van der Waals surface area contributed by atoms with Crippen LogP contribution in [0, 0.1) is 6.92 Å². The van der Waals surface area contributed by atoms with Crippen molar-refractivity contribution in [2.75, 3.05) is 5.32 Å². The number of aromatic nitrogens is 2. The molecule has 0 aliphatic heterocycles. The number of nitrogens with zero attached hydrogens (tertiary/aromatic N) is 1. The molecule has 104 valence electrons. The lowest BCUT2D eigenvalue weighted by Crippen LogP contribution is -2.15. The second-order valence-electron chi connectivity index (χ2n) is 4.59. The van der Waals surface area contributed by atoms with Crippen molar-refractivity contribution in [3.05, 3.63) is 46.4 Å². The molecule has 2 aromatic rings. The van der Waals surface area contributed by atoms with Gasteiger partial charge in [0, 0.05) is 17.4 Å². The Balaban J connectivity index is 2.14. The number of anilines is 1. The highest BCUT2D eigenvalue weighted by Gasteiger charge is 2.06. The van der Waals surface area contributed by atoms with Gasteiger partial charge in [-0.2, -0.15) is 0 Å². The summed E-state index contributed by atoms with van der Waals surface area (Å²) in [7, 11) is 0. The van der Waals surface area contributed by atoms with E-state index in [4.69, 9.17) is 0 Å². The zero-order valence-corrected chi connectivity index (χ0v) is 11.3. The van der Waals surface area contributed by atoms with Gasteiger partial charge < -0.3 is 5.32 Å². The molecular weight excluding hydrogens is 258 g/mol. The standard InChI is InChI=1S/C14H15N3O3/c1-9-7-14(20)17(16-9)12-5-3-11(4-6-12)15-13(19)8-10(2)18/h3-7,16H,8H2,1-2H3,(H,15,19). The highest BCUT2D eigenvalue weighted by molar-refractivity contribution is 6.03. The van der Waals surface area contributed by atoms with Gasteiger partial charge in [-0.1, -0.05) is 0 Å². The summed E-state index contributed by atoms with van der Waals surface area (Å²) in [6.45, 7) is 3.16. The number of aryl methyl sites for hydroxylation is 1. The third-order valence-electron chi connectivity index (χ3n) is 2.67. The third kappa shape index (κ3) is 3.23. The van der Waals surface area contributed by atoms with E-state index >= 15 is 0 Å². The summed E-state index contributed by atoms with van der Waals surface area (Å²) in [5.41, 5.74) is 1.88. The molecule has 6 heteroatoms. The zero-order chi connectivity index (χ0) is 14.7. The summed E-state index contributed by atoms with van der Waals surface area (Å²) in [4.78, 5) is 33.9. The van der Waals surface area contributed by atoms with Crippen LogP contribution in [0.1, 0.15) is 19.0 Å². The normalized spacial score (nSPS) is 10.3. The minimum absolute atomic E-state index is 0.142. The van der Waals surface area contributed by atoms with Crippen LogP contribution in [-0.2, 0) is 9.59 Å². The molecule has 2 rings (SSSR count). The van der Waals surface area contributed by atoms with E-state index in [9.17, 15) is 14.4 Å². The minimum atomic E-state index is -0.349. The fourth-order valence-electron chi connectivity index (χ4n) is 1.83. The van der Waals surface area contributed by atoms with Crippen molar-refractivity contribution in [2.24, 2.45) is 0 Å². The number of nitrogens with one attached hydrogen (secondary N) is 2. The number of benzene rings is 1. The molecule has 0 aliphatic carbocycles. The molecule has 0 fully saturated rings. The van der Waals surface area contributed by atoms with E-state index in [1.54, 1.807) is 31.2 Å². The van der Waals surface area contributed by atoms with Crippen molar-refractivity contribution >= 4 is 17.4 Å². The molecule has 0 aliphatic rings. The Morgan fingerprint density at radius 1 is 1.25 bits per heavy atom. The molecule has 1 amide bonds. The Bertz CT molecular complexity index is 695. The van der Waals surface area contributed by atoms with E-state index in [2.05, 4.69) is 10.4 Å². The van der Waals surface area contributed by atoms with Gasteiger partial charge in [-0.05, 0) is 38.1 Å². The van der Waals surface area contributed by atoms with Crippen molar-refractivity contribution in [3.63, 3.8) is 0 Å². The number of aromatic amines is 1. The molecule has 6 nitrogen and oxygen atoms in total. The number of hydrogen-bond acceptors (Lipinski definition) is 3. The topological polar surface area (TPSA) is 84.0 Å². The van der Waals surface area contributed by atoms with Crippen LogP contribution in [0.15, 0.2) is 35.1 Å². The zero-order valence-electron chi connectivity index (χ0n) is 11.3. The molecule has 0 radical (unpaired) electrons. The fraction of sp³-hybridized carbons (Fsp3) is 0.214. The van der Waals surface area contributed by atoms with E-state index in [1.807, 2.05) is 0 Å². The number of ketones is 1. The van der Waals surface area contributed by atoms with Gasteiger partial charge in [0.2, 0.25) is 5.91 Å². The Hall–Kier alpha value is -2.63. The predicted molar refractivity (Wildman–Crippen MR) is 75.1 cm³/mol. The predicted octanol–water partition coefficient (Wildman–Crippen LogP) is 1.39. The van der Waals surface area contributed by atoms with Crippen LogP contribution in [0.2, 0.25) is 0 Å². The lowest BCUT2D eigenvalue weighted by molar-refractivity contribution is -0.124. The summed E-state index contributed by atoms with van der Waals surface area (Å²) in [6.07, 6.45) is -0.142. The molecule has 1 aromatic heterocycles. The molecule has 0 atom stereocenters. The molecule has 1 heterocycles. The Morgan fingerprint density at radius 2 is 1.90 bits per heavy atom. The van der Waals surface area contributed by atoms with Gasteiger partial charge in [-0.15, -0.1) is 0 Å². The first kappa shape index (κ1) is 13.8. The van der Waals surface area contributed by atoms with Gasteiger partial charge in [0.05, 0.1) is 12.1 Å². The van der Waals surface area contributed by atoms with Gasteiger partial charge in [0.1, 0.15) is 5.78 Å². The quantitative estimate of drug-likeness (QED) is 0.826. The van der Waals surface area contributed by atoms with E-state index in [0.717, 1.165) is 5.69 Å². The van der Waals surface area contributed by atoms with E-state index in [-0.39, 0.29) is 23.7 Å². The Kier molecular flexibility index (Phi) is 3.84. The second-order valence-corrected chi connectivity index (χ2v) is 4.59. The van der Waals surface area contributed by atoms with E-state index in [1.165, 1.54) is 17.7 Å². The molecule has 0 saturated carbocycles. The van der Waals surface area contributed by atoms with Crippen LogP contribution in [-0.4, -0.2) is 21.5 Å². The Labute approximate surface area is 115 Å².